The van der Waals surface area contributed by atoms with E-state index in [0.717, 1.165) is 0 Å². The third-order valence-electron chi connectivity index (χ3n) is 0.694. The van der Waals surface area contributed by atoms with Crippen LogP contribution >= 0.6 is 0 Å². The van der Waals surface area contributed by atoms with Crippen LogP contribution in [0.4, 0.5) is 0 Å². The molecule has 1 rings (SSSR count). The highest BCUT2D eigenvalue weighted by Gasteiger charge is 1.85. The zero-order valence-corrected chi connectivity index (χ0v) is 4.47. The maximum atomic E-state index is 8.46. The number of hydrogen-bond acceptors (Lipinski definition) is 2. The Kier molecular flexibility index (Phi) is 0.663. The van der Waals surface area contributed by atoms with Crippen molar-refractivity contribution in [2.45, 2.75) is 6.40 Å². The van der Waals surface area contributed by atoms with Crippen LogP contribution in [0, 0.1) is 11.3 Å². The largest absolute Gasteiger partial charge is 0.264 e. The molecule has 0 saturated carbocycles. The predicted molar refractivity (Wildman–Crippen MR) is 33.6 cm³/mol. The molecule has 0 aromatic carbocycles. The molecule has 2 heteroatoms. The third kappa shape index (κ3) is 1.54. The van der Waals surface area contributed by atoms with Crippen LogP contribution in [-0.4, -0.2) is 4.98 Å². The number of nitrogens with zero attached hydrogens (tertiary/aromatic N) is 2. The Labute approximate surface area is 60.8 Å². The summed E-state index contributed by atoms with van der Waals surface area (Å²) in [4.78, 5) is 3.36. The first kappa shape index (κ1) is 2.11. The van der Waals surface area contributed by atoms with Crippen LogP contribution in [-0.2, 0) is 6.40 Å². The van der Waals surface area contributed by atoms with E-state index in [9.17, 15) is 0 Å². The van der Waals surface area contributed by atoms with Gasteiger partial charge in [-0.05, 0) is 11.6 Å². The molecule has 0 fully saturated rings. The molecule has 1 aromatic rings. The summed E-state index contributed by atoms with van der Waals surface area (Å²) in [5.74, 6) is 0. The summed E-state index contributed by atoms with van der Waals surface area (Å²) in [6.45, 7) is 0. The first-order valence-electron chi connectivity index (χ1n) is 4.83. The lowest BCUT2D eigenvalue weighted by molar-refractivity contribution is 1.19. The van der Waals surface area contributed by atoms with E-state index in [1.807, 2.05) is 0 Å². The second-order valence-corrected chi connectivity index (χ2v) is 1.27. The molecular formula is C7H6N2. The number of aromatic nitrogens is 1. The van der Waals surface area contributed by atoms with Crippen molar-refractivity contribution >= 4 is 0 Å². The SMILES string of the molecule is [2H]c1nc([2H])c(C([2H])C#N)c([2H])c1[2H]. The van der Waals surface area contributed by atoms with Gasteiger partial charge < -0.3 is 0 Å². The summed E-state index contributed by atoms with van der Waals surface area (Å²) in [7, 11) is 0. The van der Waals surface area contributed by atoms with Gasteiger partial charge in [0.2, 0.25) is 0 Å². The number of rotatable bonds is 1. The van der Waals surface area contributed by atoms with Crippen molar-refractivity contribution in [3.05, 3.63) is 30.0 Å². The lowest BCUT2D eigenvalue weighted by atomic mass is 10.2. The maximum Gasteiger partial charge on any atom is 0.0843 e. The third-order valence-corrected chi connectivity index (χ3v) is 0.694. The fourth-order valence-corrected chi connectivity index (χ4v) is 0.372. The maximum absolute atomic E-state index is 8.46. The first-order valence-corrected chi connectivity index (χ1v) is 2.25. The number of pyridine rings is 1. The second kappa shape index (κ2) is 2.83. The summed E-state index contributed by atoms with van der Waals surface area (Å²) in [6, 6.07) is 0.663. The van der Waals surface area contributed by atoms with E-state index in [1.165, 1.54) is 0 Å². The molecule has 0 amide bonds. The average molecular weight is 123 g/mol. The van der Waals surface area contributed by atoms with Gasteiger partial charge in [0.05, 0.1) is 17.9 Å². The van der Waals surface area contributed by atoms with Crippen molar-refractivity contribution in [2.75, 3.05) is 0 Å². The van der Waals surface area contributed by atoms with E-state index in [4.69, 9.17) is 12.1 Å². The highest BCUT2D eigenvalue weighted by atomic mass is 14.6. The summed E-state index contributed by atoms with van der Waals surface area (Å²) in [5, 5.41) is 8.46. The van der Waals surface area contributed by atoms with E-state index in [-0.39, 0.29) is 5.56 Å². The quantitative estimate of drug-likeness (QED) is 0.561. The normalized spacial score (nSPS) is 19.7. The van der Waals surface area contributed by atoms with Crippen molar-refractivity contribution in [3.63, 3.8) is 0 Å². The molecule has 0 radical (unpaired) electrons. The molecule has 0 spiro atoms. The molecular weight excluding hydrogens is 112 g/mol. The van der Waals surface area contributed by atoms with E-state index in [2.05, 4.69) is 4.98 Å². The van der Waals surface area contributed by atoms with Crippen molar-refractivity contribution < 1.29 is 6.85 Å². The molecule has 1 aromatic heterocycles. The Morgan fingerprint density at radius 2 is 2.89 bits per heavy atom. The minimum Gasteiger partial charge on any atom is -0.264 e. The Morgan fingerprint density at radius 3 is 3.67 bits per heavy atom. The lowest BCUT2D eigenvalue weighted by Crippen LogP contribution is -1.79. The van der Waals surface area contributed by atoms with E-state index in [0.29, 0.717) is 0 Å². The van der Waals surface area contributed by atoms with Gasteiger partial charge in [0, 0.05) is 13.7 Å². The topological polar surface area (TPSA) is 36.7 Å². The highest BCUT2D eigenvalue weighted by molar-refractivity contribution is 5.12. The van der Waals surface area contributed by atoms with Gasteiger partial charge in [-0.1, -0.05) is 6.04 Å². The van der Waals surface area contributed by atoms with Crippen LogP contribution in [0.25, 0.3) is 0 Å². The Bertz CT molecular complexity index is 412. The second-order valence-electron chi connectivity index (χ2n) is 1.27. The van der Waals surface area contributed by atoms with Crippen molar-refractivity contribution in [3.8, 4) is 6.07 Å². The van der Waals surface area contributed by atoms with Gasteiger partial charge in [-0.3, -0.25) is 4.98 Å². The van der Waals surface area contributed by atoms with Crippen LogP contribution in [0.5, 0.6) is 0 Å². The molecule has 1 heterocycles. The van der Waals surface area contributed by atoms with Gasteiger partial charge in [0.1, 0.15) is 0 Å². The van der Waals surface area contributed by atoms with Crippen LogP contribution in [0.1, 0.15) is 12.4 Å². The summed E-state index contributed by atoms with van der Waals surface area (Å²) < 4.78 is 36.2. The fourth-order valence-electron chi connectivity index (χ4n) is 0.372. The smallest absolute Gasteiger partial charge is 0.0843 e. The van der Waals surface area contributed by atoms with Gasteiger partial charge in [-0.15, -0.1) is 0 Å². The van der Waals surface area contributed by atoms with Gasteiger partial charge in [0.15, 0.2) is 0 Å². The van der Waals surface area contributed by atoms with Gasteiger partial charge in [-0.2, -0.15) is 5.26 Å². The number of nitriles is 1. The van der Waals surface area contributed by atoms with E-state index >= 15 is 0 Å². The van der Waals surface area contributed by atoms with Crippen LogP contribution < -0.4 is 0 Å². The molecule has 0 aliphatic heterocycles. The van der Waals surface area contributed by atoms with Gasteiger partial charge >= 0.3 is 0 Å². The molecule has 1 unspecified atom stereocenters. The summed E-state index contributed by atoms with van der Waals surface area (Å²) in [6.07, 6.45) is -2.32. The zero-order valence-electron chi connectivity index (χ0n) is 9.47. The Balaban J connectivity index is 3.45. The van der Waals surface area contributed by atoms with Crippen molar-refractivity contribution in [1.29, 1.82) is 5.26 Å². The van der Waals surface area contributed by atoms with Crippen molar-refractivity contribution in [1.82, 2.24) is 4.98 Å². The van der Waals surface area contributed by atoms with E-state index < -0.39 is 30.8 Å². The predicted octanol–water partition coefficient (Wildman–Crippen LogP) is 1.15. The molecule has 0 N–H and O–H groups in total. The van der Waals surface area contributed by atoms with Crippen LogP contribution in [0.15, 0.2) is 24.4 Å². The Morgan fingerprint density at radius 1 is 2.00 bits per heavy atom. The van der Waals surface area contributed by atoms with Crippen molar-refractivity contribution in [2.24, 2.45) is 0 Å². The molecule has 9 heavy (non-hydrogen) atoms. The number of hydrogen-bond donors (Lipinski definition) is 0. The minimum absolute atomic E-state index is 0.214. The zero-order chi connectivity index (χ0) is 10.9. The molecule has 0 bridgehead atoms. The molecule has 0 aliphatic rings. The van der Waals surface area contributed by atoms with Gasteiger partial charge in [-0.25, -0.2) is 0 Å². The molecule has 0 aliphatic carbocycles. The van der Waals surface area contributed by atoms with Crippen LogP contribution in [0.2, 0.25) is 0 Å². The highest BCUT2D eigenvalue weighted by Crippen LogP contribution is 1.93. The standard InChI is InChI=1S/C7H6N2/c8-4-3-7-2-1-5-9-6-7/h1-2,5-6H,3H2/i1D,2D,3D,5D,6D. The fraction of sp³-hybridized carbons (Fsp3) is 0.143. The monoisotopic (exact) mass is 123 g/mol. The molecule has 2 nitrogen and oxygen atoms in total. The van der Waals surface area contributed by atoms with E-state index in [1.54, 1.807) is 6.07 Å². The van der Waals surface area contributed by atoms with Gasteiger partial charge in [0.25, 0.3) is 0 Å². The molecule has 0 saturated heterocycles. The average Bonchev–Trinajstić information content (AvgIpc) is 2.14. The molecule has 1 atom stereocenters. The molecule has 44 valence electrons. The lowest BCUT2D eigenvalue weighted by Gasteiger charge is -1.87. The van der Waals surface area contributed by atoms with Crippen LogP contribution in [0.3, 0.4) is 0 Å². The first-order chi connectivity index (χ1) is 6.49. The Hall–Kier alpha value is -1.36. The summed E-state index contributed by atoms with van der Waals surface area (Å²) >= 11 is 0. The minimum atomic E-state index is -1.40. The summed E-state index contributed by atoms with van der Waals surface area (Å²) in [5.41, 5.74) is -0.214.